The van der Waals surface area contributed by atoms with Gasteiger partial charge in [0.1, 0.15) is 5.75 Å². The molecule has 1 aliphatic heterocycles. The van der Waals surface area contributed by atoms with E-state index >= 15 is 0 Å². The van der Waals surface area contributed by atoms with Crippen molar-refractivity contribution >= 4 is 50.6 Å². The van der Waals surface area contributed by atoms with Crippen molar-refractivity contribution < 1.29 is 41.8 Å². The van der Waals surface area contributed by atoms with Crippen molar-refractivity contribution in [2.75, 3.05) is 25.6 Å². The van der Waals surface area contributed by atoms with Crippen LogP contribution in [0.5, 0.6) is 5.75 Å². The van der Waals surface area contributed by atoms with E-state index in [4.69, 9.17) is 14.2 Å². The molecule has 1 unspecified atom stereocenters. The largest absolute Gasteiger partial charge is 0.497 e. The molecule has 1 atom stereocenters. The number of thioether (sulfide) groups is 1. The summed E-state index contributed by atoms with van der Waals surface area (Å²) < 4.78 is 41.0. The molecule has 0 saturated carbocycles. The van der Waals surface area contributed by atoms with Gasteiger partial charge in [-0.2, -0.15) is 4.90 Å². The molecule has 45 heavy (non-hydrogen) atoms. The highest BCUT2D eigenvalue weighted by Crippen LogP contribution is 2.48. The number of carbonyl (C=O) groups excluding carboxylic acids is 4. The molecule has 1 saturated heterocycles. The van der Waals surface area contributed by atoms with E-state index in [2.05, 4.69) is 17.2 Å². The van der Waals surface area contributed by atoms with Crippen LogP contribution >= 0.6 is 11.8 Å². The summed E-state index contributed by atoms with van der Waals surface area (Å²) in [7, 11) is -3.06. The highest BCUT2D eigenvalue weighted by Gasteiger charge is 2.63. The van der Waals surface area contributed by atoms with E-state index < -0.39 is 37.2 Å². The Labute approximate surface area is 268 Å². The monoisotopic (exact) mass is 658 g/mol. The highest BCUT2D eigenvalue weighted by molar-refractivity contribution is 8.25. The fourth-order valence-corrected chi connectivity index (χ4v) is 7.66. The molecule has 4 amide bonds. The number of unbranched alkanes of at least 4 members (excludes halogenated alkanes) is 1. The van der Waals surface area contributed by atoms with Crippen LogP contribution in [-0.4, -0.2) is 61.1 Å². The third-order valence-corrected chi connectivity index (χ3v) is 10.7. The summed E-state index contributed by atoms with van der Waals surface area (Å²) in [6, 6.07) is 10.7. The molecule has 1 N–H and O–H groups in total. The first-order valence-electron chi connectivity index (χ1n) is 14.4. The number of nitrogens with one attached hydrogen (secondary N) is 1. The van der Waals surface area contributed by atoms with E-state index in [1.54, 1.807) is 32.0 Å². The SMILES string of the molecule is COc1ccc(S(=O)(=O)C2(CCCC#Cc3cc(NC(=O)OCC(C)C)ccc3C)SC(=O)N(C(=O)OCC(C)C)C2=O)cc1. The van der Waals surface area contributed by atoms with Crippen LogP contribution in [0.2, 0.25) is 0 Å². The number of carbonyl (C=O) groups is 4. The van der Waals surface area contributed by atoms with Crippen LogP contribution in [0, 0.1) is 30.6 Å². The number of ether oxygens (including phenoxy) is 3. The lowest BCUT2D eigenvalue weighted by Crippen LogP contribution is -2.47. The van der Waals surface area contributed by atoms with Gasteiger partial charge in [-0.05, 0) is 85.3 Å². The minimum atomic E-state index is -4.49. The fourth-order valence-electron chi connectivity index (χ4n) is 4.15. The van der Waals surface area contributed by atoms with Gasteiger partial charge in [-0.25, -0.2) is 18.0 Å². The molecule has 242 valence electrons. The number of hydrogen-bond donors (Lipinski definition) is 1. The van der Waals surface area contributed by atoms with E-state index in [1.807, 2.05) is 20.8 Å². The van der Waals surface area contributed by atoms with Crippen molar-refractivity contribution in [1.29, 1.82) is 0 Å². The van der Waals surface area contributed by atoms with E-state index in [-0.39, 0.29) is 54.1 Å². The van der Waals surface area contributed by atoms with E-state index in [0.29, 0.717) is 28.8 Å². The second kappa shape index (κ2) is 15.3. The summed E-state index contributed by atoms with van der Waals surface area (Å²) in [4.78, 5) is 51.5. The molecule has 0 bridgehead atoms. The minimum absolute atomic E-state index is 0.0519. The lowest BCUT2D eigenvalue weighted by Gasteiger charge is -2.25. The number of aryl methyl sites for hydroxylation is 1. The lowest BCUT2D eigenvalue weighted by molar-refractivity contribution is -0.126. The molecule has 1 aliphatic rings. The fraction of sp³-hybridized carbons (Fsp3) is 0.438. The maximum Gasteiger partial charge on any atom is 0.424 e. The first-order valence-corrected chi connectivity index (χ1v) is 16.7. The second-order valence-electron chi connectivity index (χ2n) is 11.2. The third kappa shape index (κ3) is 8.58. The van der Waals surface area contributed by atoms with Crippen LogP contribution in [0.15, 0.2) is 47.4 Å². The van der Waals surface area contributed by atoms with Crippen LogP contribution < -0.4 is 10.1 Å². The molecule has 3 rings (SSSR count). The summed E-state index contributed by atoms with van der Waals surface area (Å²) in [5.41, 5.74) is 1.99. The molecule has 0 radical (unpaired) electrons. The number of nitrogens with zero attached hydrogens (tertiary/aromatic N) is 1. The molecule has 0 aliphatic carbocycles. The minimum Gasteiger partial charge on any atom is -0.497 e. The number of sulfone groups is 1. The van der Waals surface area contributed by atoms with Crippen molar-refractivity contribution in [3.05, 3.63) is 53.6 Å². The Balaban J connectivity index is 1.84. The number of anilines is 1. The normalized spacial score (nSPS) is 16.4. The number of benzene rings is 2. The molecule has 1 fully saturated rings. The van der Waals surface area contributed by atoms with Crippen molar-refractivity contribution in [2.45, 2.75) is 62.9 Å². The third-order valence-electron chi connectivity index (χ3n) is 6.55. The molecular formula is C32H38N2O9S2. The van der Waals surface area contributed by atoms with Crippen molar-refractivity contribution in [1.82, 2.24) is 4.90 Å². The smallest absolute Gasteiger partial charge is 0.424 e. The van der Waals surface area contributed by atoms with Gasteiger partial charge in [-0.3, -0.25) is 14.9 Å². The summed E-state index contributed by atoms with van der Waals surface area (Å²) in [5, 5.41) is 1.64. The number of hydrogen-bond acceptors (Lipinski definition) is 10. The standard InChI is InChI=1S/C32H38N2O9S2/c1-21(2)19-42-29(36)33-25-12-11-23(5)24(18-25)10-8-7-9-17-32(45(39,40)27-15-13-26(41-6)14-16-27)28(35)34(31(38)44-32)30(37)43-20-22(3)4/h11-16,18,21-22H,7,9,17,19-20H2,1-6H3,(H,33,36). The summed E-state index contributed by atoms with van der Waals surface area (Å²) in [6.45, 7) is 9.51. The van der Waals surface area contributed by atoms with Crippen LogP contribution in [0.3, 0.4) is 0 Å². The molecule has 0 aromatic heterocycles. The van der Waals surface area contributed by atoms with Gasteiger partial charge in [0.2, 0.25) is 13.9 Å². The Hall–Kier alpha value is -4.02. The van der Waals surface area contributed by atoms with E-state index in [0.717, 1.165) is 5.56 Å². The Kier molecular flexibility index (Phi) is 12.1. The van der Waals surface area contributed by atoms with Crippen molar-refractivity contribution in [3.8, 4) is 17.6 Å². The zero-order valence-electron chi connectivity index (χ0n) is 26.2. The van der Waals surface area contributed by atoms with Crippen molar-refractivity contribution in [3.63, 3.8) is 0 Å². The summed E-state index contributed by atoms with van der Waals surface area (Å²) >= 11 is 0.291. The molecule has 11 nitrogen and oxygen atoms in total. The second-order valence-corrected chi connectivity index (χ2v) is 14.9. The predicted octanol–water partition coefficient (Wildman–Crippen LogP) is 6.39. The predicted molar refractivity (Wildman–Crippen MR) is 171 cm³/mol. The molecule has 2 aromatic carbocycles. The Bertz CT molecular complexity index is 1590. The molecule has 2 aromatic rings. The number of rotatable bonds is 11. The molecule has 13 heteroatoms. The average Bonchev–Trinajstić information content (AvgIpc) is 3.26. The quantitative estimate of drug-likeness (QED) is 0.213. The van der Waals surface area contributed by atoms with Crippen LogP contribution in [-0.2, 0) is 24.1 Å². The average molecular weight is 659 g/mol. The van der Waals surface area contributed by atoms with Gasteiger partial charge in [0.15, 0.2) is 0 Å². The summed E-state index contributed by atoms with van der Waals surface area (Å²) in [6.07, 6.45) is -1.80. The van der Waals surface area contributed by atoms with Gasteiger partial charge in [-0.1, -0.05) is 45.6 Å². The van der Waals surface area contributed by atoms with Crippen LogP contribution in [0.1, 0.15) is 58.1 Å². The number of methoxy groups -OCH3 is 1. The van der Waals surface area contributed by atoms with Gasteiger partial charge in [0.25, 0.3) is 11.1 Å². The van der Waals surface area contributed by atoms with E-state index in [1.165, 1.54) is 31.4 Å². The molecule has 1 heterocycles. The van der Waals surface area contributed by atoms with Gasteiger partial charge in [-0.15, -0.1) is 0 Å². The Morgan fingerprint density at radius 3 is 2.27 bits per heavy atom. The van der Waals surface area contributed by atoms with Gasteiger partial charge < -0.3 is 14.2 Å². The zero-order chi connectivity index (χ0) is 33.4. The van der Waals surface area contributed by atoms with Gasteiger partial charge in [0.05, 0.1) is 25.2 Å². The van der Waals surface area contributed by atoms with Crippen molar-refractivity contribution in [2.24, 2.45) is 11.8 Å². The van der Waals surface area contributed by atoms with Gasteiger partial charge >= 0.3 is 12.2 Å². The van der Waals surface area contributed by atoms with Crippen LogP contribution in [0.4, 0.5) is 20.1 Å². The Morgan fingerprint density at radius 2 is 1.64 bits per heavy atom. The van der Waals surface area contributed by atoms with E-state index in [9.17, 15) is 27.6 Å². The maximum absolute atomic E-state index is 14.0. The lowest BCUT2D eigenvalue weighted by atomic mass is 10.1. The first kappa shape index (κ1) is 35.5. The maximum atomic E-state index is 14.0. The Morgan fingerprint density at radius 1 is 1.00 bits per heavy atom. The number of amides is 4. The topological polar surface area (TPSA) is 145 Å². The van der Waals surface area contributed by atoms with Crippen LogP contribution in [0.25, 0.3) is 0 Å². The highest BCUT2D eigenvalue weighted by atomic mass is 32.3. The molecule has 0 spiro atoms. The molecular weight excluding hydrogens is 620 g/mol. The zero-order valence-corrected chi connectivity index (χ0v) is 27.8. The number of imide groups is 3. The van der Waals surface area contributed by atoms with Gasteiger partial charge in [0, 0.05) is 17.7 Å². The summed E-state index contributed by atoms with van der Waals surface area (Å²) in [5.74, 6) is 5.37. The first-order chi connectivity index (χ1) is 21.2.